The molecular weight excluding hydrogens is 407 g/mol. The van der Waals surface area contributed by atoms with E-state index < -0.39 is 28.9 Å². The average Bonchev–Trinajstić information content (AvgIpc) is 3.00. The molecule has 2 heterocycles. The van der Waals surface area contributed by atoms with Gasteiger partial charge in [-0.3, -0.25) is 14.5 Å². The van der Waals surface area contributed by atoms with Gasteiger partial charge in [-0.05, 0) is 52.8 Å². The SMILES string of the molecule is Cc1cc(C(=O)CN2CCN(C(=O)c3ccc(F)c(F)c3F)CC2)c(C)n1C(C)(C)C. The first kappa shape index (κ1) is 23.1. The summed E-state index contributed by atoms with van der Waals surface area (Å²) < 4.78 is 42.7. The highest BCUT2D eigenvalue weighted by Gasteiger charge is 2.28. The second kappa shape index (κ2) is 8.49. The summed E-state index contributed by atoms with van der Waals surface area (Å²) in [6.07, 6.45) is 0. The Kier molecular flexibility index (Phi) is 6.32. The van der Waals surface area contributed by atoms with Crippen molar-refractivity contribution in [1.29, 1.82) is 0 Å². The molecule has 0 atom stereocenters. The van der Waals surface area contributed by atoms with Crippen LogP contribution in [0.3, 0.4) is 0 Å². The summed E-state index contributed by atoms with van der Waals surface area (Å²) in [6, 6.07) is 3.61. The third-order valence-corrected chi connectivity index (χ3v) is 5.69. The molecule has 0 radical (unpaired) electrons. The van der Waals surface area contributed by atoms with E-state index in [-0.39, 0.29) is 31.0 Å². The number of nitrogens with zero attached hydrogens (tertiary/aromatic N) is 3. The highest BCUT2D eigenvalue weighted by molar-refractivity contribution is 5.99. The molecule has 0 saturated carbocycles. The molecule has 31 heavy (non-hydrogen) atoms. The number of aromatic nitrogens is 1. The van der Waals surface area contributed by atoms with Crippen LogP contribution in [0.4, 0.5) is 13.2 Å². The Balaban J connectivity index is 1.64. The summed E-state index contributed by atoms with van der Waals surface area (Å²) in [5, 5.41) is 0. The second-order valence-electron chi connectivity index (χ2n) is 9.01. The summed E-state index contributed by atoms with van der Waals surface area (Å²) >= 11 is 0. The normalized spacial score (nSPS) is 15.4. The molecule has 0 N–H and O–H groups in total. The molecule has 1 aliphatic rings. The van der Waals surface area contributed by atoms with Gasteiger partial charge in [-0.2, -0.15) is 0 Å². The van der Waals surface area contributed by atoms with Gasteiger partial charge in [-0.15, -0.1) is 0 Å². The third-order valence-electron chi connectivity index (χ3n) is 5.69. The number of ketones is 1. The number of carbonyl (C=O) groups is 2. The minimum Gasteiger partial charge on any atom is -0.343 e. The van der Waals surface area contributed by atoms with Gasteiger partial charge in [0.15, 0.2) is 23.2 Å². The number of halogens is 3. The quantitative estimate of drug-likeness (QED) is 0.540. The van der Waals surface area contributed by atoms with Crippen LogP contribution in [-0.4, -0.2) is 58.8 Å². The first-order valence-electron chi connectivity index (χ1n) is 10.3. The monoisotopic (exact) mass is 435 g/mol. The van der Waals surface area contributed by atoms with Crippen molar-refractivity contribution in [2.45, 2.75) is 40.2 Å². The minimum absolute atomic E-state index is 0.00928. The molecule has 1 aromatic heterocycles. The first-order chi connectivity index (χ1) is 14.4. The lowest BCUT2D eigenvalue weighted by molar-refractivity contribution is 0.0619. The number of hydrogen-bond donors (Lipinski definition) is 0. The van der Waals surface area contributed by atoms with Gasteiger partial charge in [0, 0.05) is 48.7 Å². The second-order valence-corrected chi connectivity index (χ2v) is 9.01. The molecule has 8 heteroatoms. The van der Waals surface area contributed by atoms with Crippen LogP contribution >= 0.6 is 0 Å². The molecule has 1 fully saturated rings. The van der Waals surface area contributed by atoms with E-state index in [1.165, 1.54) is 4.90 Å². The van der Waals surface area contributed by atoms with Crippen LogP contribution in [0.25, 0.3) is 0 Å². The summed E-state index contributed by atoms with van der Waals surface area (Å²) in [4.78, 5) is 28.8. The molecule has 0 bridgehead atoms. The van der Waals surface area contributed by atoms with Crippen LogP contribution in [0.5, 0.6) is 0 Å². The maximum Gasteiger partial charge on any atom is 0.257 e. The molecule has 0 spiro atoms. The number of aryl methyl sites for hydroxylation is 1. The van der Waals surface area contributed by atoms with Gasteiger partial charge in [0.25, 0.3) is 5.91 Å². The molecule has 2 aromatic rings. The van der Waals surface area contributed by atoms with E-state index in [1.807, 2.05) is 24.8 Å². The van der Waals surface area contributed by atoms with Gasteiger partial charge in [-0.25, -0.2) is 13.2 Å². The van der Waals surface area contributed by atoms with Gasteiger partial charge in [0.05, 0.1) is 12.1 Å². The molecule has 1 aromatic carbocycles. The lowest BCUT2D eigenvalue weighted by atomic mass is 10.1. The van der Waals surface area contributed by atoms with Gasteiger partial charge in [0.1, 0.15) is 0 Å². The topological polar surface area (TPSA) is 45.6 Å². The van der Waals surface area contributed by atoms with Crippen molar-refractivity contribution in [3.63, 3.8) is 0 Å². The summed E-state index contributed by atoms with van der Waals surface area (Å²) in [7, 11) is 0. The van der Waals surface area contributed by atoms with E-state index in [4.69, 9.17) is 0 Å². The Bertz CT molecular complexity index is 1020. The average molecular weight is 435 g/mol. The molecule has 3 rings (SSSR count). The smallest absolute Gasteiger partial charge is 0.257 e. The van der Waals surface area contributed by atoms with Crippen molar-refractivity contribution in [2.75, 3.05) is 32.7 Å². The molecule has 168 valence electrons. The molecule has 1 saturated heterocycles. The van der Waals surface area contributed by atoms with E-state index in [1.54, 1.807) is 0 Å². The Labute approximate surface area is 180 Å². The molecule has 0 aliphatic carbocycles. The van der Waals surface area contributed by atoms with Crippen LogP contribution in [-0.2, 0) is 5.54 Å². The van der Waals surface area contributed by atoms with Crippen LogP contribution in [0.15, 0.2) is 18.2 Å². The number of benzene rings is 1. The number of amides is 1. The third kappa shape index (κ3) is 4.54. The van der Waals surface area contributed by atoms with E-state index in [9.17, 15) is 22.8 Å². The van der Waals surface area contributed by atoms with Gasteiger partial charge in [0.2, 0.25) is 0 Å². The zero-order valence-electron chi connectivity index (χ0n) is 18.6. The van der Waals surface area contributed by atoms with Gasteiger partial charge < -0.3 is 9.47 Å². The van der Waals surface area contributed by atoms with Crippen molar-refractivity contribution >= 4 is 11.7 Å². The van der Waals surface area contributed by atoms with Crippen molar-refractivity contribution in [2.24, 2.45) is 0 Å². The lowest BCUT2D eigenvalue weighted by Crippen LogP contribution is -2.50. The van der Waals surface area contributed by atoms with E-state index >= 15 is 0 Å². The Morgan fingerprint density at radius 3 is 2.10 bits per heavy atom. The molecule has 1 amide bonds. The zero-order chi connectivity index (χ0) is 23.1. The lowest BCUT2D eigenvalue weighted by Gasteiger charge is -2.34. The fourth-order valence-corrected chi connectivity index (χ4v) is 4.34. The number of Topliss-reactive ketones (excluding diaryl/α,β-unsaturated/α-hetero) is 1. The summed E-state index contributed by atoms with van der Waals surface area (Å²) in [5.41, 5.74) is 2.02. The summed E-state index contributed by atoms with van der Waals surface area (Å²) in [6.45, 7) is 11.8. The van der Waals surface area contributed by atoms with Crippen molar-refractivity contribution < 1.29 is 22.8 Å². The Morgan fingerprint density at radius 2 is 1.55 bits per heavy atom. The Morgan fingerprint density at radius 1 is 0.935 bits per heavy atom. The van der Waals surface area contributed by atoms with Crippen molar-refractivity contribution in [3.05, 3.63) is 58.2 Å². The van der Waals surface area contributed by atoms with Gasteiger partial charge >= 0.3 is 0 Å². The van der Waals surface area contributed by atoms with Crippen LogP contribution in [0.1, 0.15) is 52.9 Å². The largest absolute Gasteiger partial charge is 0.343 e. The van der Waals surface area contributed by atoms with Gasteiger partial charge in [-0.1, -0.05) is 0 Å². The maximum atomic E-state index is 13.9. The fourth-order valence-electron chi connectivity index (χ4n) is 4.34. The number of hydrogen-bond acceptors (Lipinski definition) is 3. The molecular formula is C23H28F3N3O2. The van der Waals surface area contributed by atoms with E-state index in [0.29, 0.717) is 18.7 Å². The minimum atomic E-state index is -1.65. The first-order valence-corrected chi connectivity index (χ1v) is 10.3. The van der Waals surface area contributed by atoms with E-state index in [0.717, 1.165) is 23.5 Å². The van der Waals surface area contributed by atoms with Crippen molar-refractivity contribution in [3.8, 4) is 0 Å². The predicted octanol–water partition coefficient (Wildman–Crippen LogP) is 3.92. The van der Waals surface area contributed by atoms with Crippen LogP contribution in [0.2, 0.25) is 0 Å². The fraction of sp³-hybridized carbons (Fsp3) is 0.478. The van der Waals surface area contributed by atoms with Crippen LogP contribution < -0.4 is 0 Å². The standard InChI is InChI=1S/C23H28F3N3O2/c1-14-12-17(15(2)29(14)23(3,4)5)19(30)13-27-8-10-28(11-9-27)22(31)16-6-7-18(24)21(26)20(16)25/h6-7,12H,8-11,13H2,1-5H3. The molecule has 0 unspecified atom stereocenters. The van der Waals surface area contributed by atoms with E-state index in [2.05, 4.69) is 25.3 Å². The molecule has 5 nitrogen and oxygen atoms in total. The highest BCUT2D eigenvalue weighted by Crippen LogP contribution is 2.25. The Hall–Kier alpha value is -2.61. The van der Waals surface area contributed by atoms with Crippen LogP contribution in [0, 0.1) is 31.3 Å². The zero-order valence-corrected chi connectivity index (χ0v) is 18.6. The number of rotatable bonds is 4. The maximum absolute atomic E-state index is 13.9. The number of piperazine rings is 1. The van der Waals surface area contributed by atoms with Crippen molar-refractivity contribution in [1.82, 2.24) is 14.4 Å². The molecule has 1 aliphatic heterocycles. The number of carbonyl (C=O) groups excluding carboxylic acids is 2. The predicted molar refractivity (Wildman–Crippen MR) is 112 cm³/mol. The summed E-state index contributed by atoms with van der Waals surface area (Å²) in [5.74, 6) is -5.13. The highest BCUT2D eigenvalue weighted by atomic mass is 19.2.